The summed E-state index contributed by atoms with van der Waals surface area (Å²) in [5.74, 6) is -0.0928. The Balaban J connectivity index is 2.99. The molecule has 21 heavy (non-hydrogen) atoms. The molecule has 0 saturated carbocycles. The van der Waals surface area contributed by atoms with Gasteiger partial charge in [0.2, 0.25) is 5.91 Å². The lowest BCUT2D eigenvalue weighted by atomic mass is 10.2. The van der Waals surface area contributed by atoms with Crippen LogP contribution in [-0.2, 0) is 4.79 Å². The summed E-state index contributed by atoms with van der Waals surface area (Å²) < 4.78 is 0. The predicted molar refractivity (Wildman–Crippen MR) is 83.8 cm³/mol. The van der Waals surface area contributed by atoms with E-state index in [2.05, 4.69) is 10.6 Å². The molecule has 7 nitrogen and oxygen atoms in total. The summed E-state index contributed by atoms with van der Waals surface area (Å²) in [4.78, 5) is 24.0. The molecule has 0 atom stereocenters. The number of amides is 1. The van der Waals surface area contributed by atoms with Gasteiger partial charge in [-0.05, 0) is 18.6 Å². The first-order valence-corrected chi connectivity index (χ1v) is 6.94. The molecule has 0 aliphatic carbocycles. The fourth-order valence-corrected chi connectivity index (χ4v) is 1.95. The molecule has 7 heteroatoms. The van der Waals surface area contributed by atoms with Crippen LogP contribution in [0.5, 0.6) is 0 Å². The molecule has 0 saturated heterocycles. The molecule has 1 aromatic carbocycles. The second kappa shape index (κ2) is 8.08. The van der Waals surface area contributed by atoms with Gasteiger partial charge < -0.3 is 15.5 Å². The van der Waals surface area contributed by atoms with Crippen LogP contribution in [0, 0.1) is 10.1 Å². The number of nitro benzene ring substituents is 1. The average Bonchev–Trinajstić information content (AvgIpc) is 2.49. The molecule has 0 fully saturated rings. The Morgan fingerprint density at radius 3 is 2.71 bits per heavy atom. The molecule has 0 unspecified atom stereocenters. The Bertz CT molecular complexity index is 505. The number of nitrogens with one attached hydrogen (secondary N) is 2. The zero-order valence-electron chi connectivity index (χ0n) is 12.7. The molecule has 0 spiro atoms. The van der Waals surface area contributed by atoms with E-state index in [-0.39, 0.29) is 22.9 Å². The van der Waals surface area contributed by atoms with Gasteiger partial charge in [-0.1, -0.05) is 13.0 Å². The lowest BCUT2D eigenvalue weighted by molar-refractivity contribution is -0.383. The molecule has 0 radical (unpaired) electrons. The lowest BCUT2D eigenvalue weighted by Gasteiger charge is -2.20. The second-order valence-corrected chi connectivity index (χ2v) is 4.70. The van der Waals surface area contributed by atoms with E-state index in [4.69, 9.17) is 0 Å². The van der Waals surface area contributed by atoms with Crippen molar-refractivity contribution in [3.05, 3.63) is 28.3 Å². The number of para-hydroxylation sites is 1. The van der Waals surface area contributed by atoms with Crippen molar-refractivity contribution >= 4 is 23.0 Å². The molecule has 0 aromatic heterocycles. The summed E-state index contributed by atoms with van der Waals surface area (Å²) in [5.41, 5.74) is 1.06. The Hall–Kier alpha value is -2.31. The fourth-order valence-electron chi connectivity index (χ4n) is 1.95. The highest BCUT2D eigenvalue weighted by atomic mass is 16.6. The second-order valence-electron chi connectivity index (χ2n) is 4.70. The number of nitro groups is 1. The largest absolute Gasteiger partial charge is 0.379 e. The molecule has 1 amide bonds. The number of nitrogens with zero attached hydrogens (tertiary/aromatic N) is 2. The first-order valence-electron chi connectivity index (χ1n) is 6.94. The minimum absolute atomic E-state index is 0.0466. The van der Waals surface area contributed by atoms with Gasteiger partial charge in [0.15, 0.2) is 0 Å². The monoisotopic (exact) mass is 294 g/mol. The Morgan fingerprint density at radius 2 is 2.14 bits per heavy atom. The summed E-state index contributed by atoms with van der Waals surface area (Å²) >= 11 is 0. The van der Waals surface area contributed by atoms with Crippen molar-refractivity contribution in [1.29, 1.82) is 0 Å². The number of rotatable bonds is 8. The molecule has 0 aliphatic rings. The van der Waals surface area contributed by atoms with Crippen LogP contribution in [0.15, 0.2) is 18.2 Å². The van der Waals surface area contributed by atoms with Crippen LogP contribution in [0.1, 0.15) is 19.8 Å². The number of carbonyl (C=O) groups is 1. The van der Waals surface area contributed by atoms with Gasteiger partial charge in [0.1, 0.15) is 11.4 Å². The van der Waals surface area contributed by atoms with E-state index in [9.17, 15) is 14.9 Å². The maximum atomic E-state index is 11.4. The van der Waals surface area contributed by atoms with Crippen LogP contribution >= 0.6 is 0 Å². The Morgan fingerprint density at radius 1 is 1.43 bits per heavy atom. The third-order valence-electron chi connectivity index (χ3n) is 3.13. The molecular formula is C14H22N4O3. The van der Waals surface area contributed by atoms with Gasteiger partial charge >= 0.3 is 5.69 Å². The van der Waals surface area contributed by atoms with Gasteiger partial charge in [-0.25, -0.2) is 0 Å². The SMILES string of the molecule is CCCNc1cccc(N(C)CCC(=O)NC)c1[N+](=O)[O-]. The number of hydrogen-bond donors (Lipinski definition) is 2. The van der Waals surface area contributed by atoms with Crippen molar-refractivity contribution in [3.63, 3.8) is 0 Å². The molecule has 1 rings (SSSR count). The van der Waals surface area contributed by atoms with Crippen molar-refractivity contribution in [2.75, 3.05) is 37.4 Å². The lowest BCUT2D eigenvalue weighted by Crippen LogP contribution is -2.26. The summed E-state index contributed by atoms with van der Waals surface area (Å²) in [6, 6.07) is 5.17. The van der Waals surface area contributed by atoms with E-state index >= 15 is 0 Å². The number of benzene rings is 1. The fraction of sp³-hybridized carbons (Fsp3) is 0.500. The van der Waals surface area contributed by atoms with Gasteiger partial charge in [-0.3, -0.25) is 14.9 Å². The zero-order chi connectivity index (χ0) is 15.8. The highest BCUT2D eigenvalue weighted by Gasteiger charge is 2.22. The van der Waals surface area contributed by atoms with E-state index in [0.29, 0.717) is 24.5 Å². The van der Waals surface area contributed by atoms with Crippen molar-refractivity contribution in [2.45, 2.75) is 19.8 Å². The van der Waals surface area contributed by atoms with Gasteiger partial charge in [-0.15, -0.1) is 0 Å². The van der Waals surface area contributed by atoms with E-state index < -0.39 is 0 Å². The average molecular weight is 294 g/mol. The smallest absolute Gasteiger partial charge is 0.315 e. The zero-order valence-corrected chi connectivity index (χ0v) is 12.7. The normalized spacial score (nSPS) is 10.0. The predicted octanol–water partition coefficient (Wildman–Crippen LogP) is 1.99. The van der Waals surface area contributed by atoms with E-state index in [1.807, 2.05) is 6.92 Å². The Labute approximate surface area is 124 Å². The van der Waals surface area contributed by atoms with Gasteiger partial charge in [0.05, 0.1) is 4.92 Å². The number of hydrogen-bond acceptors (Lipinski definition) is 5. The minimum atomic E-state index is -0.385. The molecular weight excluding hydrogens is 272 g/mol. The van der Waals surface area contributed by atoms with Crippen molar-refractivity contribution < 1.29 is 9.72 Å². The summed E-state index contributed by atoms with van der Waals surface area (Å²) in [5, 5.41) is 17.0. The van der Waals surface area contributed by atoms with Crippen LogP contribution in [-0.4, -0.2) is 38.0 Å². The molecule has 0 aliphatic heterocycles. The summed E-state index contributed by atoms with van der Waals surface area (Å²) in [7, 11) is 3.31. The van der Waals surface area contributed by atoms with E-state index in [1.54, 1.807) is 37.2 Å². The van der Waals surface area contributed by atoms with Gasteiger partial charge in [0.25, 0.3) is 0 Å². The third-order valence-corrected chi connectivity index (χ3v) is 3.13. The number of anilines is 2. The van der Waals surface area contributed by atoms with E-state index in [1.165, 1.54) is 0 Å². The minimum Gasteiger partial charge on any atom is -0.379 e. The summed E-state index contributed by atoms with van der Waals surface area (Å²) in [6.45, 7) is 3.09. The maximum Gasteiger partial charge on any atom is 0.315 e. The topological polar surface area (TPSA) is 87.5 Å². The summed E-state index contributed by atoms with van der Waals surface area (Å²) in [6.07, 6.45) is 1.17. The van der Waals surface area contributed by atoms with Crippen molar-refractivity contribution in [2.24, 2.45) is 0 Å². The van der Waals surface area contributed by atoms with Crippen LogP contribution in [0.2, 0.25) is 0 Å². The molecule has 2 N–H and O–H groups in total. The molecule has 1 aromatic rings. The first kappa shape index (κ1) is 16.7. The quantitative estimate of drug-likeness (QED) is 0.565. The molecule has 0 heterocycles. The van der Waals surface area contributed by atoms with Crippen LogP contribution in [0.25, 0.3) is 0 Å². The van der Waals surface area contributed by atoms with E-state index in [0.717, 1.165) is 6.42 Å². The van der Waals surface area contributed by atoms with Crippen LogP contribution in [0.4, 0.5) is 17.1 Å². The van der Waals surface area contributed by atoms with Crippen LogP contribution < -0.4 is 15.5 Å². The Kier molecular flexibility index (Phi) is 6.45. The highest BCUT2D eigenvalue weighted by Crippen LogP contribution is 2.34. The third kappa shape index (κ3) is 4.62. The van der Waals surface area contributed by atoms with Crippen LogP contribution in [0.3, 0.4) is 0 Å². The highest BCUT2D eigenvalue weighted by molar-refractivity contribution is 5.79. The standard InChI is InChI=1S/C14H22N4O3/c1-4-9-16-11-6-5-7-12(14(11)18(20)21)17(3)10-8-13(19)15-2/h5-7,16H,4,8-10H2,1-3H3,(H,15,19). The number of carbonyl (C=O) groups excluding carboxylic acids is 1. The first-order chi connectivity index (χ1) is 10.0. The molecule has 116 valence electrons. The maximum absolute atomic E-state index is 11.4. The molecule has 0 bridgehead atoms. The van der Waals surface area contributed by atoms with Crippen molar-refractivity contribution in [3.8, 4) is 0 Å². The van der Waals surface area contributed by atoms with Gasteiger partial charge in [-0.2, -0.15) is 0 Å². The van der Waals surface area contributed by atoms with Crippen molar-refractivity contribution in [1.82, 2.24) is 5.32 Å². The van der Waals surface area contributed by atoms with Gasteiger partial charge in [0, 0.05) is 33.6 Å².